The molecule has 2 rings (SSSR count). The summed E-state index contributed by atoms with van der Waals surface area (Å²) >= 11 is -2.51. The van der Waals surface area contributed by atoms with Gasteiger partial charge in [-0.2, -0.15) is 0 Å². The van der Waals surface area contributed by atoms with Gasteiger partial charge in [0, 0.05) is 0 Å². The number of hydrogen-bond acceptors (Lipinski definition) is 3. The molecule has 0 bridgehead atoms. The van der Waals surface area contributed by atoms with E-state index in [2.05, 4.69) is 54.2 Å². The van der Waals surface area contributed by atoms with Gasteiger partial charge in [-0.05, 0) is 0 Å². The van der Waals surface area contributed by atoms with Crippen molar-refractivity contribution in [3.05, 3.63) is 36.8 Å². The molecule has 0 N–H and O–H groups in total. The van der Waals surface area contributed by atoms with Gasteiger partial charge in [0.1, 0.15) is 0 Å². The van der Waals surface area contributed by atoms with Crippen molar-refractivity contribution in [1.29, 1.82) is 0 Å². The zero-order chi connectivity index (χ0) is 18.0. The Morgan fingerprint density at radius 2 is 1.32 bits per heavy atom. The summed E-state index contributed by atoms with van der Waals surface area (Å²) in [7, 11) is 0. The Kier molecular flexibility index (Phi) is 8.86. The van der Waals surface area contributed by atoms with Gasteiger partial charge in [-0.15, -0.1) is 0 Å². The van der Waals surface area contributed by atoms with Crippen molar-refractivity contribution in [3.63, 3.8) is 0 Å². The molecular formula is C21H33N3Sn. The summed E-state index contributed by atoms with van der Waals surface area (Å²) in [6.45, 7) is 6.97. The van der Waals surface area contributed by atoms with E-state index >= 15 is 0 Å². The van der Waals surface area contributed by atoms with Crippen molar-refractivity contribution in [2.24, 2.45) is 0 Å². The second-order valence-electron chi connectivity index (χ2n) is 7.12. The van der Waals surface area contributed by atoms with Crippen LogP contribution in [-0.2, 0) is 0 Å². The first-order valence-electron chi connectivity index (χ1n) is 10.00. The van der Waals surface area contributed by atoms with E-state index in [4.69, 9.17) is 0 Å². The Bertz CT molecular complexity index is 594. The number of aromatic nitrogens is 3. The Labute approximate surface area is 157 Å². The standard InChI is InChI=1S/C9H6N3.3C4H9.Sn/c1-2-9(12-11-5-1)8-3-6-10-7-4-8;3*1-3-4-2;/h1,3-7H;3*1,3-4H2,2H3;. The van der Waals surface area contributed by atoms with Gasteiger partial charge in [0.25, 0.3) is 0 Å². The van der Waals surface area contributed by atoms with Gasteiger partial charge in [-0.3, -0.25) is 0 Å². The molecule has 2 heterocycles. The van der Waals surface area contributed by atoms with Crippen molar-refractivity contribution in [3.8, 4) is 11.3 Å². The van der Waals surface area contributed by atoms with Crippen LogP contribution in [0.25, 0.3) is 11.3 Å². The molecule has 0 saturated heterocycles. The van der Waals surface area contributed by atoms with Crippen LogP contribution >= 0.6 is 0 Å². The average Bonchev–Trinajstić information content (AvgIpc) is 2.68. The van der Waals surface area contributed by atoms with Crippen LogP contribution in [0.5, 0.6) is 0 Å². The Hall–Kier alpha value is -0.971. The minimum atomic E-state index is -2.51. The fourth-order valence-electron chi connectivity index (χ4n) is 3.81. The maximum absolute atomic E-state index is 4.61. The topological polar surface area (TPSA) is 38.7 Å². The minimum absolute atomic E-state index is 1.14. The summed E-state index contributed by atoms with van der Waals surface area (Å²) in [5, 5.41) is 8.85. The third-order valence-electron chi connectivity index (χ3n) is 5.27. The van der Waals surface area contributed by atoms with Crippen LogP contribution in [0.4, 0.5) is 0 Å². The Morgan fingerprint density at radius 1 is 0.760 bits per heavy atom. The van der Waals surface area contributed by atoms with Crippen LogP contribution in [0, 0.1) is 0 Å². The second kappa shape index (κ2) is 10.9. The van der Waals surface area contributed by atoms with E-state index in [1.54, 1.807) is 3.58 Å². The first-order chi connectivity index (χ1) is 12.3. The van der Waals surface area contributed by atoms with Crippen molar-refractivity contribution in [2.45, 2.75) is 72.6 Å². The molecule has 3 nitrogen and oxygen atoms in total. The summed E-state index contributed by atoms with van der Waals surface area (Å²) in [4.78, 5) is 4.18. The molecule has 0 aliphatic carbocycles. The third-order valence-corrected chi connectivity index (χ3v) is 20.9. The predicted molar refractivity (Wildman–Crippen MR) is 110 cm³/mol. The fraction of sp³-hybridized carbons (Fsp3) is 0.571. The fourth-order valence-corrected chi connectivity index (χ4v) is 20.3. The molecule has 136 valence electrons. The van der Waals surface area contributed by atoms with Crippen LogP contribution in [0.15, 0.2) is 36.8 Å². The molecule has 0 amide bonds. The molecule has 2 aromatic rings. The van der Waals surface area contributed by atoms with E-state index in [0.29, 0.717) is 0 Å². The first kappa shape index (κ1) is 20.3. The van der Waals surface area contributed by atoms with Gasteiger partial charge >= 0.3 is 158 Å². The van der Waals surface area contributed by atoms with Crippen molar-refractivity contribution in [1.82, 2.24) is 15.2 Å². The maximum atomic E-state index is 4.61. The van der Waals surface area contributed by atoms with Gasteiger partial charge in [0.05, 0.1) is 0 Å². The summed E-state index contributed by atoms with van der Waals surface area (Å²) in [6, 6.07) is 6.49. The van der Waals surface area contributed by atoms with Crippen LogP contribution in [-0.4, -0.2) is 33.6 Å². The van der Waals surface area contributed by atoms with Gasteiger partial charge in [-0.1, -0.05) is 0 Å². The molecule has 0 spiro atoms. The number of nitrogens with zero attached hydrogens (tertiary/aromatic N) is 3. The SMILES string of the molecule is CCC[CH2][Sn]([CH2]CCC)([CH2]CCC)[c]1ccnnc1-c1ccncc1. The molecule has 2 aromatic heterocycles. The molecule has 0 radical (unpaired) electrons. The zero-order valence-electron chi connectivity index (χ0n) is 16.2. The van der Waals surface area contributed by atoms with E-state index in [9.17, 15) is 0 Å². The monoisotopic (exact) mass is 447 g/mol. The Balaban J connectivity index is 2.51. The van der Waals surface area contributed by atoms with Crippen LogP contribution in [0.1, 0.15) is 59.3 Å². The molecule has 0 saturated carbocycles. The second-order valence-corrected chi connectivity index (χ2v) is 20.2. The van der Waals surface area contributed by atoms with Gasteiger partial charge in [0.2, 0.25) is 0 Å². The van der Waals surface area contributed by atoms with E-state index in [1.807, 2.05) is 18.6 Å². The average molecular weight is 446 g/mol. The normalized spacial score (nSPS) is 11.6. The van der Waals surface area contributed by atoms with E-state index in [1.165, 1.54) is 57.4 Å². The number of hydrogen-bond donors (Lipinski definition) is 0. The van der Waals surface area contributed by atoms with Crippen molar-refractivity contribution in [2.75, 3.05) is 0 Å². The van der Waals surface area contributed by atoms with Gasteiger partial charge in [0.15, 0.2) is 0 Å². The van der Waals surface area contributed by atoms with Crippen LogP contribution < -0.4 is 3.58 Å². The van der Waals surface area contributed by atoms with Crippen LogP contribution in [0.3, 0.4) is 0 Å². The van der Waals surface area contributed by atoms with Gasteiger partial charge < -0.3 is 0 Å². The summed E-state index contributed by atoms with van der Waals surface area (Å²) in [6.07, 6.45) is 13.6. The predicted octanol–water partition coefficient (Wildman–Crippen LogP) is 5.59. The van der Waals surface area contributed by atoms with E-state index in [-0.39, 0.29) is 0 Å². The van der Waals surface area contributed by atoms with Crippen molar-refractivity contribution < 1.29 is 0 Å². The molecule has 0 unspecified atom stereocenters. The molecule has 4 heteroatoms. The Morgan fingerprint density at radius 3 is 1.84 bits per heavy atom. The van der Waals surface area contributed by atoms with Gasteiger partial charge in [-0.25, -0.2) is 0 Å². The number of pyridine rings is 1. The number of rotatable bonds is 11. The van der Waals surface area contributed by atoms with E-state index in [0.717, 1.165) is 5.69 Å². The first-order valence-corrected chi connectivity index (χ1v) is 17.5. The number of unbranched alkanes of at least 4 members (excludes halogenated alkanes) is 3. The molecule has 0 fully saturated rings. The van der Waals surface area contributed by atoms with E-state index < -0.39 is 18.4 Å². The molecule has 25 heavy (non-hydrogen) atoms. The van der Waals surface area contributed by atoms with Crippen LogP contribution in [0.2, 0.25) is 13.3 Å². The summed E-state index contributed by atoms with van der Waals surface area (Å²) < 4.78 is 5.96. The molecule has 0 aliphatic heterocycles. The molecule has 0 atom stereocenters. The summed E-state index contributed by atoms with van der Waals surface area (Å²) in [5.41, 5.74) is 2.33. The summed E-state index contributed by atoms with van der Waals surface area (Å²) in [5.74, 6) is 0. The third kappa shape index (κ3) is 5.50. The molecule has 0 aromatic carbocycles. The van der Waals surface area contributed by atoms with Crippen molar-refractivity contribution >= 4 is 22.0 Å². The zero-order valence-corrected chi connectivity index (χ0v) is 19.0. The quantitative estimate of drug-likeness (QED) is 0.423. The molecule has 0 aliphatic rings. The molecular weight excluding hydrogens is 413 g/mol.